The zero-order chi connectivity index (χ0) is 19.2. The maximum absolute atomic E-state index is 13.9. The molecule has 1 aliphatic rings. The average molecular weight is 382 g/mol. The number of morpholine rings is 1. The van der Waals surface area contributed by atoms with Gasteiger partial charge in [-0.25, -0.2) is 14.4 Å². The number of aromatic nitrogens is 2. The Morgan fingerprint density at radius 1 is 1.07 bits per heavy atom. The second-order valence-electron chi connectivity index (χ2n) is 6.62. The first kappa shape index (κ1) is 18.6. The van der Waals surface area contributed by atoms with Crippen LogP contribution in [0.2, 0.25) is 0 Å². The van der Waals surface area contributed by atoms with E-state index >= 15 is 0 Å². The Bertz CT molecular complexity index is 931. The first-order chi connectivity index (χ1) is 13.8. The highest BCUT2D eigenvalue weighted by atomic mass is 19.1. The summed E-state index contributed by atoms with van der Waals surface area (Å²) in [5.74, 6) is 1.09. The number of nitrogens with zero attached hydrogens (tertiary/aromatic N) is 3. The molecule has 0 saturated carbocycles. The Morgan fingerprint density at radius 2 is 1.93 bits per heavy atom. The van der Waals surface area contributed by atoms with Gasteiger partial charge in [0.25, 0.3) is 0 Å². The van der Waals surface area contributed by atoms with E-state index in [0.29, 0.717) is 29.9 Å². The molecule has 0 unspecified atom stereocenters. The van der Waals surface area contributed by atoms with Crippen molar-refractivity contribution in [2.75, 3.05) is 44.8 Å². The van der Waals surface area contributed by atoms with Crippen LogP contribution in [0.4, 0.5) is 10.2 Å². The fourth-order valence-corrected chi connectivity index (χ4v) is 3.27. The van der Waals surface area contributed by atoms with Crippen LogP contribution in [0.1, 0.15) is 5.56 Å². The Hall–Kier alpha value is -2.77. The lowest BCUT2D eigenvalue weighted by Gasteiger charge is -2.26. The smallest absolute Gasteiger partial charge is 0.149 e. The molecule has 1 N–H and O–H groups in total. The van der Waals surface area contributed by atoms with Gasteiger partial charge in [0.05, 0.1) is 13.2 Å². The van der Waals surface area contributed by atoms with Crippen molar-refractivity contribution in [1.29, 1.82) is 0 Å². The minimum atomic E-state index is -0.352. The number of hydrogen-bond donors (Lipinski definition) is 1. The molecule has 1 fully saturated rings. The molecule has 1 saturated heterocycles. The summed E-state index contributed by atoms with van der Waals surface area (Å²) in [6.07, 6.45) is 1.37. The summed E-state index contributed by atoms with van der Waals surface area (Å²) in [6, 6.07) is 12.8. The van der Waals surface area contributed by atoms with Crippen molar-refractivity contribution < 1.29 is 13.9 Å². The average Bonchev–Trinajstić information content (AvgIpc) is 2.74. The molecule has 3 aromatic rings. The number of benzene rings is 2. The highest BCUT2D eigenvalue weighted by Gasteiger charge is 2.11. The Morgan fingerprint density at radius 3 is 2.82 bits per heavy atom. The number of para-hydroxylation sites is 2. The molecule has 0 radical (unpaired) electrons. The number of fused-ring (bicyclic) bond motifs is 1. The molecule has 2 heterocycles. The maximum Gasteiger partial charge on any atom is 0.149 e. The molecule has 0 spiro atoms. The van der Waals surface area contributed by atoms with Gasteiger partial charge in [-0.3, -0.25) is 4.90 Å². The maximum atomic E-state index is 13.9. The number of halogens is 1. The van der Waals surface area contributed by atoms with Gasteiger partial charge >= 0.3 is 0 Å². The SMILES string of the molecule is Fc1cccc2c(NCc3ccccc3OCCN3CCOCC3)ncnc12. The van der Waals surface area contributed by atoms with Crippen molar-refractivity contribution in [3.05, 3.63) is 60.2 Å². The van der Waals surface area contributed by atoms with E-state index in [9.17, 15) is 4.39 Å². The zero-order valence-corrected chi connectivity index (χ0v) is 15.6. The van der Waals surface area contributed by atoms with Gasteiger partial charge in [0.1, 0.15) is 35.8 Å². The van der Waals surface area contributed by atoms with Crippen LogP contribution in [-0.4, -0.2) is 54.3 Å². The van der Waals surface area contributed by atoms with E-state index in [-0.39, 0.29) is 5.82 Å². The van der Waals surface area contributed by atoms with Crippen LogP contribution in [0.5, 0.6) is 5.75 Å². The van der Waals surface area contributed by atoms with Gasteiger partial charge in [0.2, 0.25) is 0 Å². The quantitative estimate of drug-likeness (QED) is 0.678. The van der Waals surface area contributed by atoms with Gasteiger partial charge in [-0.1, -0.05) is 24.3 Å². The lowest BCUT2D eigenvalue weighted by atomic mass is 10.2. The van der Waals surface area contributed by atoms with E-state index in [4.69, 9.17) is 9.47 Å². The van der Waals surface area contributed by atoms with Crippen molar-refractivity contribution in [3.63, 3.8) is 0 Å². The number of hydrogen-bond acceptors (Lipinski definition) is 6. The van der Waals surface area contributed by atoms with Crippen LogP contribution < -0.4 is 10.1 Å². The standard InChI is InChI=1S/C21H23FN4O2/c22-18-6-3-5-17-20(18)24-15-25-21(17)23-14-16-4-1-2-7-19(16)28-13-10-26-8-11-27-12-9-26/h1-7,15H,8-14H2,(H,23,24,25). The lowest BCUT2D eigenvalue weighted by molar-refractivity contribution is 0.0322. The summed E-state index contributed by atoms with van der Waals surface area (Å²) < 4.78 is 25.3. The predicted octanol–water partition coefficient (Wildman–Crippen LogP) is 3.09. The molecule has 4 rings (SSSR count). The summed E-state index contributed by atoms with van der Waals surface area (Å²) in [5, 5.41) is 3.95. The molecule has 2 aromatic carbocycles. The number of anilines is 1. The number of rotatable bonds is 7. The lowest BCUT2D eigenvalue weighted by Crippen LogP contribution is -2.38. The largest absolute Gasteiger partial charge is 0.492 e. The van der Waals surface area contributed by atoms with Gasteiger partial charge in [-0.2, -0.15) is 0 Å². The molecular formula is C21H23FN4O2. The van der Waals surface area contributed by atoms with Gasteiger partial charge in [0.15, 0.2) is 0 Å². The summed E-state index contributed by atoms with van der Waals surface area (Å²) in [4.78, 5) is 10.6. The van der Waals surface area contributed by atoms with Crippen molar-refractivity contribution in [2.24, 2.45) is 0 Å². The van der Waals surface area contributed by atoms with Gasteiger partial charge < -0.3 is 14.8 Å². The molecule has 146 valence electrons. The van der Waals surface area contributed by atoms with Crippen molar-refractivity contribution in [3.8, 4) is 5.75 Å². The Kier molecular flexibility index (Phi) is 5.94. The highest BCUT2D eigenvalue weighted by Crippen LogP contribution is 2.24. The second-order valence-corrected chi connectivity index (χ2v) is 6.62. The molecule has 28 heavy (non-hydrogen) atoms. The number of nitrogens with one attached hydrogen (secondary N) is 1. The summed E-state index contributed by atoms with van der Waals surface area (Å²) in [5.41, 5.74) is 1.34. The van der Waals surface area contributed by atoms with Gasteiger partial charge in [0, 0.05) is 37.1 Å². The molecule has 1 aliphatic heterocycles. The molecule has 6 nitrogen and oxygen atoms in total. The van der Waals surface area contributed by atoms with Crippen LogP contribution in [0.3, 0.4) is 0 Å². The van der Waals surface area contributed by atoms with Gasteiger partial charge in [-0.05, 0) is 18.2 Å². The van der Waals surface area contributed by atoms with Crippen molar-refractivity contribution in [1.82, 2.24) is 14.9 Å². The summed E-state index contributed by atoms with van der Waals surface area (Å²) in [6.45, 7) is 5.49. The Balaban J connectivity index is 1.41. The fraction of sp³-hybridized carbons (Fsp3) is 0.333. The van der Waals surface area contributed by atoms with E-state index < -0.39 is 0 Å². The molecule has 0 amide bonds. The van der Waals surface area contributed by atoms with E-state index in [1.54, 1.807) is 6.07 Å². The first-order valence-electron chi connectivity index (χ1n) is 9.45. The Labute approximate surface area is 163 Å². The molecule has 0 bridgehead atoms. The van der Waals surface area contributed by atoms with Crippen LogP contribution in [0.15, 0.2) is 48.8 Å². The highest BCUT2D eigenvalue weighted by molar-refractivity contribution is 5.89. The van der Waals surface area contributed by atoms with Crippen molar-refractivity contribution >= 4 is 16.7 Å². The predicted molar refractivity (Wildman–Crippen MR) is 106 cm³/mol. The van der Waals surface area contributed by atoms with E-state index in [1.807, 2.05) is 30.3 Å². The fourth-order valence-electron chi connectivity index (χ4n) is 3.27. The minimum Gasteiger partial charge on any atom is -0.492 e. The first-order valence-corrected chi connectivity index (χ1v) is 9.45. The van der Waals surface area contributed by atoms with Gasteiger partial charge in [-0.15, -0.1) is 0 Å². The molecule has 0 aliphatic carbocycles. The normalized spacial score (nSPS) is 14.9. The van der Waals surface area contributed by atoms with Crippen LogP contribution in [-0.2, 0) is 11.3 Å². The number of ether oxygens (including phenoxy) is 2. The van der Waals surface area contributed by atoms with E-state index in [2.05, 4.69) is 20.2 Å². The monoisotopic (exact) mass is 382 g/mol. The summed E-state index contributed by atoms with van der Waals surface area (Å²) >= 11 is 0. The minimum absolute atomic E-state index is 0.315. The molecule has 7 heteroatoms. The van der Waals surface area contributed by atoms with E-state index in [0.717, 1.165) is 44.2 Å². The van der Waals surface area contributed by atoms with Crippen LogP contribution >= 0.6 is 0 Å². The molecule has 1 aromatic heterocycles. The second kappa shape index (κ2) is 8.95. The topological polar surface area (TPSA) is 59.5 Å². The molecular weight excluding hydrogens is 359 g/mol. The zero-order valence-electron chi connectivity index (χ0n) is 15.6. The third-order valence-corrected chi connectivity index (χ3v) is 4.80. The van der Waals surface area contributed by atoms with Crippen LogP contribution in [0, 0.1) is 5.82 Å². The van der Waals surface area contributed by atoms with E-state index in [1.165, 1.54) is 12.4 Å². The summed E-state index contributed by atoms with van der Waals surface area (Å²) in [7, 11) is 0. The van der Waals surface area contributed by atoms with Crippen LogP contribution in [0.25, 0.3) is 10.9 Å². The van der Waals surface area contributed by atoms with Crippen molar-refractivity contribution in [2.45, 2.75) is 6.54 Å². The third-order valence-electron chi connectivity index (χ3n) is 4.80. The molecule has 0 atom stereocenters. The third kappa shape index (κ3) is 4.37.